The fraction of sp³-hybridized carbons (Fsp3) is 0.636. The van der Waals surface area contributed by atoms with Crippen LogP contribution in [0, 0.1) is 6.92 Å². The van der Waals surface area contributed by atoms with Gasteiger partial charge >= 0.3 is 0 Å². The van der Waals surface area contributed by atoms with Crippen molar-refractivity contribution in [2.24, 2.45) is 0 Å². The smallest absolute Gasteiger partial charge is 0.0929 e. The molecule has 0 radical (unpaired) electrons. The van der Waals surface area contributed by atoms with Gasteiger partial charge in [0.25, 0.3) is 0 Å². The number of rotatable bonds is 1. The van der Waals surface area contributed by atoms with E-state index in [4.69, 9.17) is 4.74 Å². The quantitative estimate of drug-likeness (QED) is 0.774. The highest BCUT2D eigenvalue weighted by Gasteiger charge is 2.32. The van der Waals surface area contributed by atoms with E-state index in [9.17, 15) is 5.11 Å². The van der Waals surface area contributed by atoms with E-state index in [1.54, 1.807) is 11.3 Å². The van der Waals surface area contributed by atoms with Crippen LogP contribution in [0.1, 0.15) is 29.7 Å². The molecule has 1 saturated heterocycles. The molecule has 0 amide bonds. The maximum Gasteiger partial charge on any atom is 0.0929 e. The average Bonchev–Trinajstić information content (AvgIpc) is 2.46. The van der Waals surface area contributed by atoms with Gasteiger partial charge in [0.05, 0.1) is 5.60 Å². The molecule has 1 unspecified atom stereocenters. The molecule has 78 valence electrons. The highest BCUT2D eigenvalue weighted by molar-refractivity contribution is 7.10. The molecule has 1 aromatic rings. The Balaban J connectivity index is 2.25. The van der Waals surface area contributed by atoms with Crippen molar-refractivity contribution in [3.05, 3.63) is 21.9 Å². The number of hydrogen-bond acceptors (Lipinski definition) is 3. The molecule has 3 heteroatoms. The van der Waals surface area contributed by atoms with Crippen molar-refractivity contribution in [3.8, 4) is 0 Å². The maximum absolute atomic E-state index is 10.5. The first-order valence-electron chi connectivity index (χ1n) is 5.07. The second kappa shape index (κ2) is 4.01. The fourth-order valence-corrected chi connectivity index (χ4v) is 2.87. The molecular formula is C11H16O2S. The summed E-state index contributed by atoms with van der Waals surface area (Å²) in [6.07, 6.45) is 2.50. The van der Waals surface area contributed by atoms with Crippen LogP contribution >= 0.6 is 11.3 Å². The summed E-state index contributed by atoms with van der Waals surface area (Å²) in [7, 11) is 0. The number of ether oxygens (including phenoxy) is 1. The summed E-state index contributed by atoms with van der Waals surface area (Å²) >= 11 is 1.70. The number of hydrogen-bond donors (Lipinski definition) is 1. The van der Waals surface area contributed by atoms with Gasteiger partial charge in [-0.05, 0) is 36.8 Å². The van der Waals surface area contributed by atoms with Gasteiger partial charge in [0.15, 0.2) is 0 Å². The predicted molar refractivity (Wildman–Crippen MR) is 57.6 cm³/mol. The van der Waals surface area contributed by atoms with Crippen molar-refractivity contribution >= 4 is 11.3 Å². The summed E-state index contributed by atoms with van der Waals surface area (Å²) < 4.78 is 5.37. The Morgan fingerprint density at radius 1 is 1.43 bits per heavy atom. The van der Waals surface area contributed by atoms with Crippen LogP contribution in [0.3, 0.4) is 0 Å². The van der Waals surface area contributed by atoms with E-state index in [0.29, 0.717) is 6.61 Å². The number of aliphatic hydroxyl groups is 1. The van der Waals surface area contributed by atoms with Crippen molar-refractivity contribution in [2.75, 3.05) is 13.2 Å². The molecule has 0 spiro atoms. The lowest BCUT2D eigenvalue weighted by molar-refractivity contribution is 0.0143. The third-order valence-corrected chi connectivity index (χ3v) is 3.74. The molecule has 2 rings (SSSR count). The van der Waals surface area contributed by atoms with Gasteiger partial charge in [-0.25, -0.2) is 0 Å². The molecule has 2 nitrogen and oxygen atoms in total. The van der Waals surface area contributed by atoms with E-state index >= 15 is 0 Å². The Labute approximate surface area is 88.5 Å². The largest absolute Gasteiger partial charge is 0.385 e. The summed E-state index contributed by atoms with van der Waals surface area (Å²) in [6, 6.07) is 2.05. The first-order chi connectivity index (χ1) is 6.72. The van der Waals surface area contributed by atoms with Gasteiger partial charge in [0, 0.05) is 24.5 Å². The molecule has 14 heavy (non-hydrogen) atoms. The van der Waals surface area contributed by atoms with Gasteiger partial charge in [-0.1, -0.05) is 0 Å². The molecule has 0 aromatic carbocycles. The third-order valence-electron chi connectivity index (χ3n) is 2.90. The zero-order valence-corrected chi connectivity index (χ0v) is 9.27. The van der Waals surface area contributed by atoms with E-state index in [0.717, 1.165) is 31.4 Å². The summed E-state index contributed by atoms with van der Waals surface area (Å²) in [5.41, 5.74) is 0.466. The Hall–Kier alpha value is -0.380. The molecule has 1 atom stereocenters. The normalized spacial score (nSPS) is 28.7. The summed E-state index contributed by atoms with van der Waals surface area (Å²) in [6.45, 7) is 3.53. The first kappa shape index (κ1) is 10.1. The van der Waals surface area contributed by atoms with Crippen LogP contribution in [-0.2, 0) is 10.3 Å². The van der Waals surface area contributed by atoms with Gasteiger partial charge in [0.1, 0.15) is 0 Å². The van der Waals surface area contributed by atoms with E-state index < -0.39 is 5.60 Å². The highest BCUT2D eigenvalue weighted by Crippen LogP contribution is 2.35. The van der Waals surface area contributed by atoms with E-state index in [-0.39, 0.29) is 0 Å². The minimum atomic E-state index is -0.638. The van der Waals surface area contributed by atoms with Crippen LogP contribution in [-0.4, -0.2) is 18.3 Å². The average molecular weight is 212 g/mol. The van der Waals surface area contributed by atoms with Crippen LogP contribution in [0.2, 0.25) is 0 Å². The summed E-state index contributed by atoms with van der Waals surface area (Å²) in [5.74, 6) is 0. The molecule has 0 bridgehead atoms. The minimum absolute atomic E-state index is 0.638. The van der Waals surface area contributed by atoms with Crippen LogP contribution in [0.4, 0.5) is 0 Å². The highest BCUT2D eigenvalue weighted by atomic mass is 32.1. The van der Waals surface area contributed by atoms with Gasteiger partial charge in [-0.15, -0.1) is 11.3 Å². The molecule has 1 aliphatic heterocycles. The lowest BCUT2D eigenvalue weighted by Gasteiger charge is -2.26. The van der Waals surface area contributed by atoms with E-state index in [1.807, 2.05) is 11.4 Å². The van der Waals surface area contributed by atoms with Gasteiger partial charge in [0.2, 0.25) is 0 Å². The van der Waals surface area contributed by atoms with Crippen LogP contribution < -0.4 is 0 Å². The Bertz CT molecular complexity index is 298. The lowest BCUT2D eigenvalue weighted by Crippen LogP contribution is -2.26. The Morgan fingerprint density at radius 3 is 3.00 bits per heavy atom. The minimum Gasteiger partial charge on any atom is -0.385 e. The second-order valence-corrected chi connectivity index (χ2v) is 5.01. The third kappa shape index (κ3) is 1.85. The molecular weight excluding hydrogens is 196 g/mol. The molecule has 1 aromatic heterocycles. The second-order valence-electron chi connectivity index (χ2n) is 3.89. The standard InChI is InChI=1S/C11H16O2S/c1-9-10(3-8-14-9)11(12)4-2-6-13-7-5-11/h3,8,12H,2,4-7H2,1H3. The Morgan fingerprint density at radius 2 is 2.29 bits per heavy atom. The molecule has 1 aliphatic rings. The monoisotopic (exact) mass is 212 g/mol. The molecule has 1 N–H and O–H groups in total. The summed E-state index contributed by atoms with van der Waals surface area (Å²) in [5, 5.41) is 12.6. The van der Waals surface area contributed by atoms with Crippen LogP contribution in [0.25, 0.3) is 0 Å². The number of thiophene rings is 1. The van der Waals surface area contributed by atoms with Gasteiger partial charge in [-0.3, -0.25) is 0 Å². The summed E-state index contributed by atoms with van der Waals surface area (Å²) in [4.78, 5) is 1.23. The SMILES string of the molecule is Cc1sccc1C1(O)CCCOCC1. The van der Waals surface area contributed by atoms with Crippen LogP contribution in [0.15, 0.2) is 11.4 Å². The van der Waals surface area contributed by atoms with Crippen molar-refractivity contribution < 1.29 is 9.84 Å². The Kier molecular flexibility index (Phi) is 2.91. The van der Waals surface area contributed by atoms with E-state index in [1.165, 1.54) is 4.88 Å². The lowest BCUT2D eigenvalue weighted by atomic mass is 9.87. The van der Waals surface area contributed by atoms with Crippen molar-refractivity contribution in [3.63, 3.8) is 0 Å². The van der Waals surface area contributed by atoms with Gasteiger partial charge in [-0.2, -0.15) is 0 Å². The zero-order valence-electron chi connectivity index (χ0n) is 8.45. The van der Waals surface area contributed by atoms with Crippen LogP contribution in [0.5, 0.6) is 0 Å². The van der Waals surface area contributed by atoms with Crippen molar-refractivity contribution in [1.82, 2.24) is 0 Å². The molecule has 1 fully saturated rings. The van der Waals surface area contributed by atoms with Gasteiger partial charge < -0.3 is 9.84 Å². The zero-order chi connectivity index (χ0) is 10.0. The number of aryl methyl sites for hydroxylation is 1. The van der Waals surface area contributed by atoms with Crippen molar-refractivity contribution in [1.29, 1.82) is 0 Å². The molecule has 0 saturated carbocycles. The maximum atomic E-state index is 10.5. The first-order valence-corrected chi connectivity index (χ1v) is 5.95. The molecule has 0 aliphatic carbocycles. The predicted octanol–water partition coefficient (Wildman–Crippen LogP) is 2.44. The van der Waals surface area contributed by atoms with Crippen molar-refractivity contribution in [2.45, 2.75) is 31.8 Å². The molecule has 2 heterocycles. The van der Waals surface area contributed by atoms with E-state index in [2.05, 4.69) is 6.92 Å². The fourth-order valence-electron chi connectivity index (χ4n) is 2.07. The topological polar surface area (TPSA) is 29.5 Å².